The van der Waals surface area contributed by atoms with Crippen molar-refractivity contribution < 1.29 is 9.47 Å². The summed E-state index contributed by atoms with van der Waals surface area (Å²) in [6.45, 7) is 3.41. The van der Waals surface area contributed by atoms with Gasteiger partial charge in [0.2, 0.25) is 0 Å². The molecule has 1 aromatic carbocycles. The van der Waals surface area contributed by atoms with E-state index in [9.17, 15) is 0 Å². The Balaban J connectivity index is 2.33. The largest absolute Gasteiger partial charge is 0.486 e. The fourth-order valence-corrected chi connectivity index (χ4v) is 2.76. The Hall–Kier alpha value is -0.870. The summed E-state index contributed by atoms with van der Waals surface area (Å²) in [5.74, 6) is 2.80. The van der Waals surface area contributed by atoms with E-state index in [2.05, 4.69) is 30.6 Å². The van der Waals surface area contributed by atoms with Gasteiger partial charge in [-0.05, 0) is 43.5 Å². The molecule has 0 amide bonds. The molecule has 1 N–H and O–H groups in total. The molecule has 0 spiro atoms. The minimum absolute atomic E-state index is 0.362. The van der Waals surface area contributed by atoms with Crippen LogP contribution in [0.4, 0.5) is 0 Å². The summed E-state index contributed by atoms with van der Waals surface area (Å²) in [4.78, 5) is 0. The molecule has 0 fully saturated rings. The highest BCUT2D eigenvalue weighted by atomic mass is 32.2. The molecule has 94 valence electrons. The monoisotopic (exact) mass is 253 g/mol. The third-order valence-corrected chi connectivity index (χ3v) is 3.65. The molecule has 1 atom stereocenters. The zero-order valence-electron chi connectivity index (χ0n) is 10.6. The van der Waals surface area contributed by atoms with E-state index in [0.717, 1.165) is 17.3 Å². The molecule has 1 aliphatic rings. The molecule has 0 radical (unpaired) electrons. The average Bonchev–Trinajstić information content (AvgIpc) is 2.35. The molecule has 3 nitrogen and oxygen atoms in total. The van der Waals surface area contributed by atoms with E-state index in [4.69, 9.17) is 9.47 Å². The van der Waals surface area contributed by atoms with E-state index >= 15 is 0 Å². The first-order valence-corrected chi connectivity index (χ1v) is 7.22. The van der Waals surface area contributed by atoms with Gasteiger partial charge in [0.1, 0.15) is 13.2 Å². The van der Waals surface area contributed by atoms with Gasteiger partial charge >= 0.3 is 0 Å². The molecular formula is C13H19NO2S. The van der Waals surface area contributed by atoms with Crippen molar-refractivity contribution in [2.24, 2.45) is 0 Å². The number of nitrogens with one attached hydrogen (secondary N) is 1. The maximum atomic E-state index is 5.63. The molecule has 1 heterocycles. The van der Waals surface area contributed by atoms with Crippen LogP contribution in [0, 0.1) is 6.92 Å². The second-order valence-corrected chi connectivity index (χ2v) is 5.06. The van der Waals surface area contributed by atoms with Crippen molar-refractivity contribution in [3.8, 4) is 11.5 Å². The number of hydrogen-bond acceptors (Lipinski definition) is 4. The highest BCUT2D eigenvalue weighted by molar-refractivity contribution is 7.98. The van der Waals surface area contributed by atoms with E-state index in [0.29, 0.717) is 19.3 Å². The molecular weight excluding hydrogens is 234 g/mol. The van der Waals surface area contributed by atoms with Crippen molar-refractivity contribution >= 4 is 11.8 Å². The predicted octanol–water partition coefficient (Wildman–Crippen LogP) is 2.39. The van der Waals surface area contributed by atoms with Crippen molar-refractivity contribution in [1.29, 1.82) is 0 Å². The fourth-order valence-electron chi connectivity index (χ4n) is 2.08. The van der Waals surface area contributed by atoms with Gasteiger partial charge in [0.15, 0.2) is 11.5 Å². The Labute approximate surface area is 107 Å². The summed E-state index contributed by atoms with van der Waals surface area (Å²) in [5, 5.41) is 3.35. The topological polar surface area (TPSA) is 30.5 Å². The first kappa shape index (κ1) is 12.6. The van der Waals surface area contributed by atoms with Gasteiger partial charge in [-0.25, -0.2) is 0 Å². The van der Waals surface area contributed by atoms with Crippen molar-refractivity contribution in [2.75, 3.05) is 32.3 Å². The highest BCUT2D eigenvalue weighted by Gasteiger charge is 2.18. The van der Waals surface area contributed by atoms with Gasteiger partial charge < -0.3 is 14.8 Å². The van der Waals surface area contributed by atoms with Crippen LogP contribution in [0.25, 0.3) is 0 Å². The summed E-state index contributed by atoms with van der Waals surface area (Å²) in [6, 6.07) is 4.55. The predicted molar refractivity (Wildman–Crippen MR) is 72.4 cm³/mol. The Morgan fingerprint density at radius 2 is 1.94 bits per heavy atom. The van der Waals surface area contributed by atoms with Gasteiger partial charge in [-0.1, -0.05) is 0 Å². The molecule has 0 saturated heterocycles. The lowest BCUT2D eigenvalue weighted by Crippen LogP contribution is -2.21. The highest BCUT2D eigenvalue weighted by Crippen LogP contribution is 2.35. The van der Waals surface area contributed by atoms with Crippen LogP contribution >= 0.6 is 11.8 Å². The van der Waals surface area contributed by atoms with E-state index in [1.807, 2.05) is 18.8 Å². The number of aryl methyl sites for hydroxylation is 1. The average molecular weight is 253 g/mol. The van der Waals surface area contributed by atoms with Gasteiger partial charge in [0, 0.05) is 11.8 Å². The molecule has 0 saturated carbocycles. The minimum atomic E-state index is 0.362. The summed E-state index contributed by atoms with van der Waals surface area (Å²) < 4.78 is 11.2. The number of fused-ring (bicyclic) bond motifs is 1. The zero-order valence-corrected chi connectivity index (χ0v) is 11.4. The Bertz CT molecular complexity index is 395. The Morgan fingerprint density at radius 3 is 2.53 bits per heavy atom. The lowest BCUT2D eigenvalue weighted by molar-refractivity contribution is 0.171. The van der Waals surface area contributed by atoms with Crippen LogP contribution in [-0.4, -0.2) is 32.3 Å². The van der Waals surface area contributed by atoms with Crippen LogP contribution in [0.1, 0.15) is 17.2 Å². The van der Waals surface area contributed by atoms with Crippen LogP contribution < -0.4 is 14.8 Å². The van der Waals surface area contributed by atoms with E-state index < -0.39 is 0 Å². The summed E-state index contributed by atoms with van der Waals surface area (Å²) in [5.41, 5.74) is 2.55. The lowest BCUT2D eigenvalue weighted by atomic mass is 10.0. The molecule has 1 aliphatic heterocycles. The molecule has 0 bridgehead atoms. The minimum Gasteiger partial charge on any atom is -0.486 e. The normalized spacial score (nSPS) is 15.7. The van der Waals surface area contributed by atoms with E-state index in [1.165, 1.54) is 11.1 Å². The number of ether oxygens (including phenoxy) is 2. The summed E-state index contributed by atoms with van der Waals surface area (Å²) >= 11 is 1.84. The lowest BCUT2D eigenvalue weighted by Gasteiger charge is -2.23. The van der Waals surface area contributed by atoms with Crippen LogP contribution in [0.3, 0.4) is 0 Å². The number of thioether (sulfide) groups is 1. The number of rotatable bonds is 4. The molecule has 2 rings (SSSR count). The van der Waals surface area contributed by atoms with Crippen molar-refractivity contribution in [1.82, 2.24) is 5.32 Å². The van der Waals surface area contributed by atoms with Crippen molar-refractivity contribution in [3.05, 3.63) is 23.3 Å². The zero-order chi connectivity index (χ0) is 12.3. The number of hydrogen-bond donors (Lipinski definition) is 1. The summed E-state index contributed by atoms with van der Waals surface area (Å²) in [7, 11) is 2.00. The first-order valence-electron chi connectivity index (χ1n) is 5.82. The quantitative estimate of drug-likeness (QED) is 0.892. The molecule has 4 heteroatoms. The third-order valence-electron chi connectivity index (χ3n) is 2.99. The van der Waals surface area contributed by atoms with Crippen LogP contribution in [0.15, 0.2) is 12.1 Å². The smallest absolute Gasteiger partial charge is 0.161 e. The van der Waals surface area contributed by atoms with Crippen molar-refractivity contribution in [3.63, 3.8) is 0 Å². The standard InChI is InChI=1S/C13H19NO2S/c1-9-6-12-13(16-5-4-15-12)7-10(9)11(14-2)8-17-3/h6-7,11,14H,4-5,8H2,1-3H3. The van der Waals surface area contributed by atoms with Gasteiger partial charge in [-0.15, -0.1) is 0 Å². The molecule has 17 heavy (non-hydrogen) atoms. The second-order valence-electron chi connectivity index (χ2n) is 4.15. The van der Waals surface area contributed by atoms with Crippen LogP contribution in [-0.2, 0) is 0 Å². The second kappa shape index (κ2) is 5.65. The molecule has 0 aromatic heterocycles. The maximum absolute atomic E-state index is 5.63. The Morgan fingerprint density at radius 1 is 1.29 bits per heavy atom. The maximum Gasteiger partial charge on any atom is 0.161 e. The van der Waals surface area contributed by atoms with E-state index in [1.54, 1.807) is 0 Å². The van der Waals surface area contributed by atoms with Gasteiger partial charge in [0.25, 0.3) is 0 Å². The van der Waals surface area contributed by atoms with Gasteiger partial charge in [-0.2, -0.15) is 11.8 Å². The van der Waals surface area contributed by atoms with Crippen molar-refractivity contribution in [2.45, 2.75) is 13.0 Å². The van der Waals surface area contributed by atoms with Crippen LogP contribution in [0.2, 0.25) is 0 Å². The molecule has 1 aromatic rings. The van der Waals surface area contributed by atoms with Crippen LogP contribution in [0.5, 0.6) is 11.5 Å². The van der Waals surface area contributed by atoms with E-state index in [-0.39, 0.29) is 0 Å². The van der Waals surface area contributed by atoms with Gasteiger partial charge in [-0.3, -0.25) is 0 Å². The third kappa shape index (κ3) is 2.69. The molecule has 0 aliphatic carbocycles. The number of benzene rings is 1. The first-order chi connectivity index (χ1) is 8.26. The fraction of sp³-hybridized carbons (Fsp3) is 0.538. The van der Waals surface area contributed by atoms with Gasteiger partial charge in [0.05, 0.1) is 0 Å². The SMILES string of the molecule is CNC(CSC)c1cc2c(cc1C)OCCO2. The summed E-state index contributed by atoms with van der Waals surface area (Å²) in [6.07, 6.45) is 2.12. The Kier molecular flexibility index (Phi) is 4.18. The molecule has 1 unspecified atom stereocenters.